The second kappa shape index (κ2) is 6.68. The van der Waals surface area contributed by atoms with Crippen LogP contribution in [0.15, 0.2) is 0 Å². The summed E-state index contributed by atoms with van der Waals surface area (Å²) in [6, 6.07) is 0.482. The lowest BCUT2D eigenvalue weighted by Gasteiger charge is -2.25. The van der Waals surface area contributed by atoms with Crippen molar-refractivity contribution in [2.75, 3.05) is 19.5 Å². The molecule has 0 aromatic heterocycles. The molecule has 0 atom stereocenters. The smallest absolute Gasteiger partial charge is 0.0470 e. The summed E-state index contributed by atoms with van der Waals surface area (Å²) in [6.07, 6.45) is 6.27. The normalized spacial score (nSPS) is 29.1. The van der Waals surface area contributed by atoms with Gasteiger partial charge in [-0.3, -0.25) is 0 Å². The molecule has 0 unspecified atom stereocenters. The Morgan fingerprint density at radius 3 is 2.62 bits per heavy atom. The van der Waals surface area contributed by atoms with E-state index in [0.29, 0.717) is 6.04 Å². The average Bonchev–Trinajstić information content (AvgIpc) is 2.15. The number of hydrogen-bond donors (Lipinski definition) is 1. The van der Waals surface area contributed by atoms with Crippen molar-refractivity contribution in [1.82, 2.24) is 0 Å². The van der Waals surface area contributed by atoms with Gasteiger partial charge in [0.2, 0.25) is 0 Å². The SMILES string of the molecule is COCCCSC1CCC(N)CC1. The Balaban J connectivity index is 1.96. The number of rotatable bonds is 5. The summed E-state index contributed by atoms with van der Waals surface area (Å²) in [6.45, 7) is 0.902. The van der Waals surface area contributed by atoms with Gasteiger partial charge in [0.1, 0.15) is 0 Å². The third kappa shape index (κ3) is 4.89. The predicted octanol–water partition coefficient (Wildman–Crippen LogP) is 2.03. The van der Waals surface area contributed by atoms with E-state index in [1.807, 2.05) is 0 Å². The Morgan fingerprint density at radius 1 is 1.31 bits per heavy atom. The van der Waals surface area contributed by atoms with E-state index in [1.165, 1.54) is 37.9 Å². The fourth-order valence-corrected chi connectivity index (χ4v) is 2.93. The number of thioether (sulfide) groups is 1. The minimum atomic E-state index is 0.482. The quantitative estimate of drug-likeness (QED) is 0.694. The first-order valence-electron chi connectivity index (χ1n) is 5.19. The predicted molar refractivity (Wildman–Crippen MR) is 59.2 cm³/mol. The van der Waals surface area contributed by atoms with Gasteiger partial charge in [-0.2, -0.15) is 11.8 Å². The lowest BCUT2D eigenvalue weighted by molar-refractivity contribution is 0.200. The van der Waals surface area contributed by atoms with Crippen molar-refractivity contribution in [3.05, 3.63) is 0 Å². The van der Waals surface area contributed by atoms with Crippen LogP contribution in [0.2, 0.25) is 0 Å². The van der Waals surface area contributed by atoms with Crippen molar-refractivity contribution < 1.29 is 4.74 Å². The highest BCUT2D eigenvalue weighted by Crippen LogP contribution is 2.27. The van der Waals surface area contributed by atoms with Gasteiger partial charge < -0.3 is 10.5 Å². The second-order valence-electron chi connectivity index (χ2n) is 3.75. The molecule has 1 fully saturated rings. The molecule has 1 aliphatic rings. The van der Waals surface area contributed by atoms with E-state index in [9.17, 15) is 0 Å². The highest BCUT2D eigenvalue weighted by atomic mass is 32.2. The van der Waals surface area contributed by atoms with E-state index < -0.39 is 0 Å². The van der Waals surface area contributed by atoms with E-state index in [2.05, 4.69) is 11.8 Å². The van der Waals surface area contributed by atoms with Gasteiger partial charge in [0.05, 0.1) is 0 Å². The fourth-order valence-electron chi connectivity index (χ4n) is 1.71. The van der Waals surface area contributed by atoms with Crippen molar-refractivity contribution >= 4 is 11.8 Å². The Labute approximate surface area is 85.6 Å². The van der Waals surface area contributed by atoms with Crippen LogP contribution in [-0.4, -0.2) is 30.8 Å². The van der Waals surface area contributed by atoms with Gasteiger partial charge in [-0.1, -0.05) is 0 Å². The van der Waals surface area contributed by atoms with E-state index in [-0.39, 0.29) is 0 Å². The summed E-state index contributed by atoms with van der Waals surface area (Å²) < 4.78 is 5.01. The molecule has 3 heteroatoms. The minimum absolute atomic E-state index is 0.482. The summed E-state index contributed by atoms with van der Waals surface area (Å²) in [7, 11) is 1.77. The largest absolute Gasteiger partial charge is 0.385 e. The van der Waals surface area contributed by atoms with Crippen molar-refractivity contribution in [3.8, 4) is 0 Å². The molecule has 78 valence electrons. The molecule has 0 aromatic rings. The maximum Gasteiger partial charge on any atom is 0.0470 e. The Kier molecular flexibility index (Phi) is 5.83. The monoisotopic (exact) mass is 203 g/mol. The molecule has 13 heavy (non-hydrogen) atoms. The Morgan fingerprint density at radius 2 is 2.00 bits per heavy atom. The molecule has 1 aliphatic carbocycles. The average molecular weight is 203 g/mol. The van der Waals surface area contributed by atoms with E-state index in [4.69, 9.17) is 10.5 Å². The van der Waals surface area contributed by atoms with E-state index >= 15 is 0 Å². The third-order valence-electron chi connectivity index (χ3n) is 2.57. The molecule has 2 nitrogen and oxygen atoms in total. The highest BCUT2D eigenvalue weighted by Gasteiger charge is 2.18. The first-order valence-corrected chi connectivity index (χ1v) is 6.24. The van der Waals surface area contributed by atoms with Crippen molar-refractivity contribution in [2.24, 2.45) is 5.73 Å². The zero-order valence-electron chi connectivity index (χ0n) is 8.50. The molecular formula is C10H21NOS. The van der Waals surface area contributed by atoms with Crippen LogP contribution >= 0.6 is 11.8 Å². The van der Waals surface area contributed by atoms with Crippen LogP contribution in [0.1, 0.15) is 32.1 Å². The number of ether oxygens (including phenoxy) is 1. The number of nitrogens with two attached hydrogens (primary N) is 1. The van der Waals surface area contributed by atoms with Crippen LogP contribution in [0.5, 0.6) is 0 Å². The van der Waals surface area contributed by atoms with Gasteiger partial charge in [-0.25, -0.2) is 0 Å². The van der Waals surface area contributed by atoms with Crippen molar-refractivity contribution in [1.29, 1.82) is 0 Å². The molecule has 0 amide bonds. The van der Waals surface area contributed by atoms with Gasteiger partial charge in [0.15, 0.2) is 0 Å². The van der Waals surface area contributed by atoms with Gasteiger partial charge in [-0.05, 0) is 37.9 Å². The molecule has 1 saturated carbocycles. The third-order valence-corrected chi connectivity index (χ3v) is 4.03. The van der Waals surface area contributed by atoms with Crippen molar-refractivity contribution in [3.63, 3.8) is 0 Å². The molecular weight excluding hydrogens is 182 g/mol. The van der Waals surface area contributed by atoms with E-state index in [0.717, 1.165) is 11.9 Å². The molecule has 0 aliphatic heterocycles. The van der Waals surface area contributed by atoms with Gasteiger partial charge in [-0.15, -0.1) is 0 Å². The van der Waals surface area contributed by atoms with Gasteiger partial charge in [0, 0.05) is 25.0 Å². The summed E-state index contributed by atoms with van der Waals surface area (Å²) >= 11 is 2.10. The van der Waals surface area contributed by atoms with Gasteiger partial charge in [0.25, 0.3) is 0 Å². The fraction of sp³-hybridized carbons (Fsp3) is 1.00. The topological polar surface area (TPSA) is 35.2 Å². The summed E-state index contributed by atoms with van der Waals surface area (Å²) in [5.74, 6) is 1.24. The standard InChI is InChI=1S/C10H21NOS/c1-12-7-2-8-13-10-5-3-9(11)4-6-10/h9-10H,2-8,11H2,1H3. The van der Waals surface area contributed by atoms with Crippen LogP contribution in [-0.2, 0) is 4.74 Å². The molecule has 0 bridgehead atoms. The van der Waals surface area contributed by atoms with Crippen LogP contribution < -0.4 is 5.73 Å². The molecule has 2 N–H and O–H groups in total. The molecule has 0 radical (unpaired) electrons. The number of hydrogen-bond acceptors (Lipinski definition) is 3. The van der Waals surface area contributed by atoms with E-state index in [1.54, 1.807) is 7.11 Å². The summed E-state index contributed by atoms with van der Waals surface area (Å²) in [5.41, 5.74) is 5.84. The zero-order valence-corrected chi connectivity index (χ0v) is 9.31. The molecule has 1 rings (SSSR count). The van der Waals surface area contributed by atoms with Crippen LogP contribution in [0.25, 0.3) is 0 Å². The summed E-state index contributed by atoms with van der Waals surface area (Å²) in [4.78, 5) is 0. The molecule has 0 spiro atoms. The first-order chi connectivity index (χ1) is 6.33. The molecule has 0 aromatic carbocycles. The minimum Gasteiger partial charge on any atom is -0.385 e. The maximum atomic E-state index is 5.84. The molecule has 0 heterocycles. The lowest BCUT2D eigenvalue weighted by Crippen LogP contribution is -2.27. The van der Waals surface area contributed by atoms with Gasteiger partial charge >= 0.3 is 0 Å². The van der Waals surface area contributed by atoms with Crippen LogP contribution in [0, 0.1) is 0 Å². The summed E-state index contributed by atoms with van der Waals surface area (Å²) in [5, 5.41) is 0.872. The Bertz CT molecular complexity index is 124. The maximum absolute atomic E-state index is 5.84. The molecule has 0 saturated heterocycles. The zero-order chi connectivity index (χ0) is 9.52. The number of methoxy groups -OCH3 is 1. The first kappa shape index (κ1) is 11.3. The van der Waals surface area contributed by atoms with Crippen LogP contribution in [0.3, 0.4) is 0 Å². The lowest BCUT2D eigenvalue weighted by atomic mass is 9.96. The highest BCUT2D eigenvalue weighted by molar-refractivity contribution is 7.99. The van der Waals surface area contributed by atoms with Crippen molar-refractivity contribution in [2.45, 2.75) is 43.4 Å². The Hall–Kier alpha value is 0.270. The van der Waals surface area contributed by atoms with Crippen LogP contribution in [0.4, 0.5) is 0 Å². The second-order valence-corrected chi connectivity index (χ2v) is 5.16.